The van der Waals surface area contributed by atoms with E-state index in [2.05, 4.69) is 20.0 Å². The molecular formula is C19H18F3N5O4S. The van der Waals surface area contributed by atoms with Gasteiger partial charge in [-0.25, -0.2) is 18.4 Å². The van der Waals surface area contributed by atoms with Gasteiger partial charge in [0.25, 0.3) is 15.9 Å². The average molecular weight is 469 g/mol. The Morgan fingerprint density at radius 1 is 1.12 bits per heavy atom. The van der Waals surface area contributed by atoms with Crippen LogP contribution in [0, 0.1) is 13.8 Å². The number of sulfonamides is 1. The van der Waals surface area contributed by atoms with Gasteiger partial charge in [0, 0.05) is 0 Å². The Morgan fingerprint density at radius 2 is 1.78 bits per heavy atom. The Kier molecular flexibility index (Phi) is 6.12. The number of carbonyl (C=O) groups excluding carboxylic acids is 1. The van der Waals surface area contributed by atoms with Crippen LogP contribution in [0.25, 0.3) is 0 Å². The van der Waals surface area contributed by atoms with E-state index >= 15 is 0 Å². The van der Waals surface area contributed by atoms with Gasteiger partial charge in [-0.2, -0.15) is 13.2 Å². The summed E-state index contributed by atoms with van der Waals surface area (Å²) in [5.41, 5.74) is 1.20. The van der Waals surface area contributed by atoms with E-state index in [0.29, 0.717) is 16.8 Å². The van der Waals surface area contributed by atoms with Crippen molar-refractivity contribution in [3.63, 3.8) is 0 Å². The molecule has 3 rings (SSSR count). The smallest absolute Gasteiger partial charge is 0.449 e. The minimum absolute atomic E-state index is 0.0826. The van der Waals surface area contributed by atoms with Crippen molar-refractivity contribution in [3.8, 4) is 5.88 Å². The lowest BCUT2D eigenvalue weighted by Gasteiger charge is -2.15. The number of para-hydroxylation sites is 1. The van der Waals surface area contributed by atoms with Crippen molar-refractivity contribution in [2.45, 2.75) is 24.9 Å². The molecule has 3 N–H and O–H groups in total. The first-order valence-corrected chi connectivity index (χ1v) is 10.5. The maximum absolute atomic E-state index is 13.0. The van der Waals surface area contributed by atoms with Crippen molar-refractivity contribution in [1.82, 2.24) is 15.0 Å². The van der Waals surface area contributed by atoms with Gasteiger partial charge in [-0.05, 0) is 31.0 Å². The van der Waals surface area contributed by atoms with Gasteiger partial charge >= 0.3 is 6.18 Å². The normalized spacial score (nSPS) is 11.8. The molecule has 2 aromatic heterocycles. The predicted octanol–water partition coefficient (Wildman–Crippen LogP) is 3.50. The quantitative estimate of drug-likeness (QED) is 0.507. The monoisotopic (exact) mass is 469 g/mol. The summed E-state index contributed by atoms with van der Waals surface area (Å²) in [6.07, 6.45) is -2.92. The average Bonchev–Trinajstić information content (AvgIpc) is 3.22. The zero-order valence-electron chi connectivity index (χ0n) is 17.0. The van der Waals surface area contributed by atoms with E-state index in [1.807, 2.05) is 4.98 Å². The van der Waals surface area contributed by atoms with Crippen LogP contribution in [-0.4, -0.2) is 36.4 Å². The largest absolute Gasteiger partial charge is 0.480 e. The number of rotatable bonds is 6. The summed E-state index contributed by atoms with van der Waals surface area (Å²) in [5, 5.41) is 2.29. The topological polar surface area (TPSA) is 126 Å². The molecule has 0 fully saturated rings. The molecule has 1 aromatic carbocycles. The van der Waals surface area contributed by atoms with E-state index in [1.54, 1.807) is 32.0 Å². The standard InChI is InChI=1S/C19H18F3N5O4S/c1-10-5-4-6-11(2)15(10)27-32(29,30)14-7-12(8-23-17(14)31-3)25-16(28)13-9-24-18(26-13)19(20,21)22/h4-9,27H,1-3H3,(H,24,26)(H,25,28). The second-order valence-electron chi connectivity index (χ2n) is 6.70. The van der Waals surface area contributed by atoms with Crippen LogP contribution in [0.5, 0.6) is 5.88 Å². The zero-order chi connectivity index (χ0) is 23.7. The molecule has 170 valence electrons. The highest BCUT2D eigenvalue weighted by Gasteiger charge is 2.35. The summed E-state index contributed by atoms with van der Waals surface area (Å²) in [7, 11) is -2.97. The summed E-state index contributed by atoms with van der Waals surface area (Å²) in [6.45, 7) is 3.47. The van der Waals surface area contributed by atoms with Crippen LogP contribution in [0.1, 0.15) is 27.4 Å². The van der Waals surface area contributed by atoms with E-state index in [9.17, 15) is 26.4 Å². The molecule has 2 heterocycles. The molecule has 0 radical (unpaired) electrons. The Hall–Kier alpha value is -3.61. The number of pyridine rings is 1. The number of H-pyrrole nitrogens is 1. The van der Waals surface area contributed by atoms with Gasteiger partial charge < -0.3 is 15.0 Å². The number of alkyl halides is 3. The van der Waals surface area contributed by atoms with E-state index in [4.69, 9.17) is 4.74 Å². The van der Waals surface area contributed by atoms with Crippen molar-refractivity contribution >= 4 is 27.3 Å². The molecule has 0 spiro atoms. The summed E-state index contributed by atoms with van der Waals surface area (Å²) in [6, 6.07) is 6.33. The number of aromatic amines is 1. The van der Waals surface area contributed by atoms with Crippen LogP contribution in [0.15, 0.2) is 41.6 Å². The predicted molar refractivity (Wildman–Crippen MR) is 109 cm³/mol. The minimum Gasteiger partial charge on any atom is -0.480 e. The van der Waals surface area contributed by atoms with Gasteiger partial charge in [0.1, 0.15) is 5.69 Å². The molecule has 9 nitrogen and oxygen atoms in total. The van der Waals surface area contributed by atoms with E-state index in [0.717, 1.165) is 18.5 Å². The Morgan fingerprint density at radius 3 is 2.34 bits per heavy atom. The Balaban J connectivity index is 1.91. The number of imidazole rings is 1. The van der Waals surface area contributed by atoms with Crippen LogP contribution < -0.4 is 14.8 Å². The number of halogens is 3. The number of carbonyl (C=O) groups is 1. The van der Waals surface area contributed by atoms with Crippen molar-refractivity contribution < 1.29 is 31.1 Å². The second kappa shape index (κ2) is 8.49. The number of anilines is 2. The lowest BCUT2D eigenvalue weighted by atomic mass is 10.1. The fraction of sp³-hybridized carbons (Fsp3) is 0.211. The molecule has 0 aliphatic rings. The van der Waals surface area contributed by atoms with E-state index in [1.165, 1.54) is 7.11 Å². The van der Waals surface area contributed by atoms with Crippen LogP contribution in [0.3, 0.4) is 0 Å². The highest BCUT2D eigenvalue weighted by Crippen LogP contribution is 2.29. The number of amides is 1. The van der Waals surface area contributed by atoms with Gasteiger partial charge in [0.05, 0.1) is 30.9 Å². The van der Waals surface area contributed by atoms with Gasteiger partial charge in [0.2, 0.25) is 11.7 Å². The van der Waals surface area contributed by atoms with Gasteiger partial charge in [-0.1, -0.05) is 18.2 Å². The first-order valence-electron chi connectivity index (χ1n) is 8.99. The SMILES string of the molecule is COc1ncc(NC(=O)c2cnc(C(F)(F)F)[nH]2)cc1S(=O)(=O)Nc1c(C)cccc1C. The van der Waals surface area contributed by atoms with Gasteiger partial charge in [-0.15, -0.1) is 0 Å². The minimum atomic E-state index is -4.75. The number of aromatic nitrogens is 3. The number of ether oxygens (including phenoxy) is 1. The Labute approximate surface area is 181 Å². The molecule has 0 saturated heterocycles. The van der Waals surface area contributed by atoms with E-state index < -0.39 is 33.6 Å². The van der Waals surface area contributed by atoms with Crippen LogP contribution in [-0.2, 0) is 16.2 Å². The third kappa shape index (κ3) is 4.82. The third-order valence-electron chi connectivity index (χ3n) is 4.37. The molecule has 32 heavy (non-hydrogen) atoms. The second-order valence-corrected chi connectivity index (χ2v) is 8.35. The zero-order valence-corrected chi connectivity index (χ0v) is 17.9. The number of benzene rings is 1. The first-order chi connectivity index (χ1) is 14.9. The maximum atomic E-state index is 13.0. The lowest BCUT2D eigenvalue weighted by Crippen LogP contribution is -2.18. The van der Waals surface area contributed by atoms with Crippen LogP contribution in [0.4, 0.5) is 24.5 Å². The summed E-state index contributed by atoms with van der Waals surface area (Å²) < 4.78 is 71.6. The van der Waals surface area contributed by atoms with Crippen LogP contribution >= 0.6 is 0 Å². The number of hydrogen-bond donors (Lipinski definition) is 3. The first kappa shape index (κ1) is 23.1. The highest BCUT2D eigenvalue weighted by atomic mass is 32.2. The Bertz CT molecular complexity index is 1250. The molecule has 0 atom stereocenters. The number of hydrogen-bond acceptors (Lipinski definition) is 6. The van der Waals surface area contributed by atoms with Crippen LogP contribution in [0.2, 0.25) is 0 Å². The number of nitrogens with one attached hydrogen (secondary N) is 3. The van der Waals surface area contributed by atoms with Crippen molar-refractivity contribution in [1.29, 1.82) is 0 Å². The molecule has 0 unspecified atom stereocenters. The van der Waals surface area contributed by atoms with Crippen molar-refractivity contribution in [3.05, 3.63) is 59.3 Å². The maximum Gasteiger partial charge on any atom is 0.449 e. The van der Waals surface area contributed by atoms with Gasteiger partial charge in [0.15, 0.2) is 4.90 Å². The summed E-state index contributed by atoms with van der Waals surface area (Å²) in [5.74, 6) is -2.54. The summed E-state index contributed by atoms with van der Waals surface area (Å²) >= 11 is 0. The van der Waals surface area contributed by atoms with Crippen molar-refractivity contribution in [2.75, 3.05) is 17.1 Å². The third-order valence-corrected chi connectivity index (χ3v) is 5.71. The molecule has 0 aliphatic carbocycles. The fourth-order valence-electron chi connectivity index (χ4n) is 2.79. The number of aryl methyl sites for hydroxylation is 2. The molecule has 0 aliphatic heterocycles. The highest BCUT2D eigenvalue weighted by molar-refractivity contribution is 7.92. The lowest BCUT2D eigenvalue weighted by molar-refractivity contribution is -0.144. The molecule has 1 amide bonds. The fourth-order valence-corrected chi connectivity index (χ4v) is 4.14. The van der Waals surface area contributed by atoms with E-state index in [-0.39, 0.29) is 16.5 Å². The number of nitrogens with zero attached hydrogens (tertiary/aromatic N) is 2. The van der Waals surface area contributed by atoms with Crippen molar-refractivity contribution in [2.24, 2.45) is 0 Å². The van der Waals surface area contributed by atoms with Gasteiger partial charge in [-0.3, -0.25) is 9.52 Å². The summed E-state index contributed by atoms with van der Waals surface area (Å²) in [4.78, 5) is 20.8. The number of methoxy groups -OCH3 is 1. The molecule has 0 bridgehead atoms. The molecule has 13 heteroatoms. The molecular weight excluding hydrogens is 451 g/mol. The molecule has 3 aromatic rings. The molecule has 0 saturated carbocycles.